The van der Waals surface area contributed by atoms with Crippen LogP contribution in [0.2, 0.25) is 0 Å². The van der Waals surface area contributed by atoms with Crippen LogP contribution in [-0.4, -0.2) is 0 Å². The van der Waals surface area contributed by atoms with E-state index < -0.39 is 0 Å². The molecule has 1 aliphatic carbocycles. The second-order valence-corrected chi connectivity index (χ2v) is 5.07. The predicted octanol–water partition coefficient (Wildman–Crippen LogP) is 3.60. The van der Waals surface area contributed by atoms with Crippen molar-refractivity contribution >= 4 is 0 Å². The van der Waals surface area contributed by atoms with Gasteiger partial charge in [0.15, 0.2) is 0 Å². The maximum Gasteiger partial charge on any atom is 0.124 e. The van der Waals surface area contributed by atoms with Crippen LogP contribution < -0.4 is 10.5 Å². The second-order valence-electron chi connectivity index (χ2n) is 5.07. The van der Waals surface area contributed by atoms with Crippen LogP contribution in [0.4, 0.5) is 0 Å². The zero-order valence-corrected chi connectivity index (χ0v) is 11.0. The molecule has 1 aliphatic rings. The molecule has 2 heteroatoms. The zero-order valence-electron chi connectivity index (χ0n) is 11.0. The Balaban J connectivity index is 1.75. The highest BCUT2D eigenvalue weighted by Gasteiger charge is 2.25. The van der Waals surface area contributed by atoms with E-state index in [-0.39, 0.29) is 0 Å². The minimum Gasteiger partial charge on any atom is -0.489 e. The topological polar surface area (TPSA) is 35.2 Å². The third-order valence-corrected chi connectivity index (χ3v) is 3.65. The Hall–Kier alpha value is -1.80. The molecule has 0 spiro atoms. The Kier molecular flexibility index (Phi) is 3.51. The van der Waals surface area contributed by atoms with Crippen molar-refractivity contribution in [1.82, 2.24) is 0 Å². The molecule has 2 nitrogen and oxygen atoms in total. The van der Waals surface area contributed by atoms with Crippen molar-refractivity contribution in [2.75, 3.05) is 0 Å². The summed E-state index contributed by atoms with van der Waals surface area (Å²) in [6.07, 6.45) is 2.63. The van der Waals surface area contributed by atoms with Crippen LogP contribution in [0.25, 0.3) is 0 Å². The molecule has 0 amide bonds. The summed E-state index contributed by atoms with van der Waals surface area (Å²) in [4.78, 5) is 0. The first-order valence-corrected chi connectivity index (χ1v) is 6.87. The van der Waals surface area contributed by atoms with Gasteiger partial charge in [-0.25, -0.2) is 0 Å². The summed E-state index contributed by atoms with van der Waals surface area (Å²) < 4.78 is 5.95. The molecular weight excluding hydrogens is 234 g/mol. The van der Waals surface area contributed by atoms with Gasteiger partial charge in [0, 0.05) is 12.1 Å². The third kappa shape index (κ3) is 2.79. The fraction of sp³-hybridized carbons (Fsp3) is 0.294. The van der Waals surface area contributed by atoms with Gasteiger partial charge in [-0.15, -0.1) is 0 Å². The molecule has 0 saturated heterocycles. The lowest BCUT2D eigenvalue weighted by Crippen LogP contribution is -2.04. The quantitative estimate of drug-likeness (QED) is 0.883. The molecule has 19 heavy (non-hydrogen) atoms. The Bertz CT molecular complexity index is 561. The lowest BCUT2D eigenvalue weighted by molar-refractivity contribution is 0.302. The van der Waals surface area contributed by atoms with E-state index in [9.17, 15) is 0 Å². The van der Waals surface area contributed by atoms with Gasteiger partial charge in [-0.3, -0.25) is 0 Å². The Morgan fingerprint density at radius 3 is 2.37 bits per heavy atom. The van der Waals surface area contributed by atoms with Crippen LogP contribution in [0.15, 0.2) is 48.5 Å². The maximum atomic E-state index is 5.95. The van der Waals surface area contributed by atoms with Gasteiger partial charge in [-0.05, 0) is 36.0 Å². The summed E-state index contributed by atoms with van der Waals surface area (Å²) in [5.41, 5.74) is 9.54. The van der Waals surface area contributed by atoms with Crippen LogP contribution in [0.1, 0.15) is 35.4 Å². The van der Waals surface area contributed by atoms with E-state index in [1.807, 2.05) is 24.3 Å². The molecule has 0 bridgehead atoms. The first kappa shape index (κ1) is 12.2. The molecule has 1 fully saturated rings. The Labute approximate surface area is 114 Å². The molecular formula is C17H19NO. The molecule has 1 saturated carbocycles. The number of hydrogen-bond donors (Lipinski definition) is 1. The summed E-state index contributed by atoms with van der Waals surface area (Å²) in [7, 11) is 0. The lowest BCUT2D eigenvalue weighted by Gasteiger charge is -2.12. The highest BCUT2D eigenvalue weighted by atomic mass is 16.5. The monoisotopic (exact) mass is 253 g/mol. The first-order valence-electron chi connectivity index (χ1n) is 6.87. The molecule has 2 N–H and O–H groups in total. The van der Waals surface area contributed by atoms with Gasteiger partial charge in [0.1, 0.15) is 12.4 Å². The third-order valence-electron chi connectivity index (χ3n) is 3.65. The summed E-state index contributed by atoms with van der Waals surface area (Å²) >= 11 is 0. The van der Waals surface area contributed by atoms with Crippen LogP contribution in [-0.2, 0) is 13.2 Å². The Morgan fingerprint density at radius 2 is 1.63 bits per heavy atom. The van der Waals surface area contributed by atoms with Crippen molar-refractivity contribution in [1.29, 1.82) is 0 Å². The molecule has 0 aromatic heterocycles. The summed E-state index contributed by atoms with van der Waals surface area (Å²) in [6.45, 7) is 1.14. The van der Waals surface area contributed by atoms with Crippen molar-refractivity contribution < 1.29 is 4.74 Å². The number of benzene rings is 2. The van der Waals surface area contributed by atoms with Gasteiger partial charge in [-0.2, -0.15) is 0 Å². The van der Waals surface area contributed by atoms with Crippen molar-refractivity contribution in [3.8, 4) is 5.75 Å². The molecule has 0 radical (unpaired) electrons. The van der Waals surface area contributed by atoms with E-state index in [2.05, 4.69) is 24.3 Å². The lowest BCUT2D eigenvalue weighted by atomic mass is 10.0. The highest BCUT2D eigenvalue weighted by molar-refractivity contribution is 5.35. The number of ether oxygens (including phenoxy) is 1. The smallest absolute Gasteiger partial charge is 0.124 e. The molecule has 0 aliphatic heterocycles. The van der Waals surface area contributed by atoms with Crippen LogP contribution >= 0.6 is 0 Å². The number of rotatable bonds is 5. The van der Waals surface area contributed by atoms with Gasteiger partial charge in [0.05, 0.1) is 0 Å². The van der Waals surface area contributed by atoms with Crippen molar-refractivity contribution in [2.24, 2.45) is 5.73 Å². The minimum atomic E-state index is 0.514. The molecule has 98 valence electrons. The second kappa shape index (κ2) is 5.45. The average Bonchev–Trinajstić information content (AvgIpc) is 3.30. The van der Waals surface area contributed by atoms with E-state index in [0.717, 1.165) is 17.2 Å². The SMILES string of the molecule is NCc1ccccc1OCc1ccccc1C1CC1. The van der Waals surface area contributed by atoms with E-state index in [1.54, 1.807) is 0 Å². The Morgan fingerprint density at radius 1 is 0.947 bits per heavy atom. The van der Waals surface area contributed by atoms with Crippen molar-refractivity contribution in [2.45, 2.75) is 31.9 Å². The van der Waals surface area contributed by atoms with Gasteiger partial charge >= 0.3 is 0 Å². The number of para-hydroxylation sites is 1. The fourth-order valence-corrected chi connectivity index (χ4v) is 2.43. The normalized spacial score (nSPS) is 14.4. The van der Waals surface area contributed by atoms with E-state index in [4.69, 9.17) is 10.5 Å². The zero-order chi connectivity index (χ0) is 13.1. The molecule has 0 unspecified atom stereocenters. The number of nitrogens with two attached hydrogens (primary N) is 1. The van der Waals surface area contributed by atoms with Crippen molar-refractivity contribution in [3.63, 3.8) is 0 Å². The fourth-order valence-electron chi connectivity index (χ4n) is 2.43. The van der Waals surface area contributed by atoms with Crippen LogP contribution in [0.5, 0.6) is 5.75 Å². The largest absolute Gasteiger partial charge is 0.489 e. The van der Waals surface area contributed by atoms with Gasteiger partial charge in [-0.1, -0.05) is 42.5 Å². The van der Waals surface area contributed by atoms with Crippen LogP contribution in [0.3, 0.4) is 0 Å². The van der Waals surface area contributed by atoms with Crippen LogP contribution in [0, 0.1) is 0 Å². The molecule has 3 rings (SSSR count). The molecule has 2 aromatic carbocycles. The van der Waals surface area contributed by atoms with Gasteiger partial charge in [0.2, 0.25) is 0 Å². The molecule has 2 aromatic rings. The highest BCUT2D eigenvalue weighted by Crippen LogP contribution is 2.41. The summed E-state index contributed by atoms with van der Waals surface area (Å²) in [5.74, 6) is 1.65. The average molecular weight is 253 g/mol. The van der Waals surface area contributed by atoms with E-state index in [1.165, 1.54) is 24.0 Å². The van der Waals surface area contributed by atoms with Crippen molar-refractivity contribution in [3.05, 3.63) is 65.2 Å². The minimum absolute atomic E-state index is 0.514. The number of hydrogen-bond acceptors (Lipinski definition) is 2. The first-order chi connectivity index (χ1) is 9.38. The molecule has 0 heterocycles. The summed E-state index contributed by atoms with van der Waals surface area (Å²) in [6, 6.07) is 16.6. The van der Waals surface area contributed by atoms with Gasteiger partial charge in [0.25, 0.3) is 0 Å². The van der Waals surface area contributed by atoms with Gasteiger partial charge < -0.3 is 10.5 Å². The molecule has 0 atom stereocenters. The maximum absolute atomic E-state index is 5.95. The summed E-state index contributed by atoms with van der Waals surface area (Å²) in [5, 5.41) is 0. The standard InChI is InChI=1S/C17H19NO/c18-11-14-5-2-4-8-17(14)19-12-15-6-1-3-7-16(15)13-9-10-13/h1-8,13H,9-12,18H2. The predicted molar refractivity (Wildman–Crippen MR) is 77.1 cm³/mol. The van der Waals surface area contributed by atoms with E-state index >= 15 is 0 Å². The van der Waals surface area contributed by atoms with E-state index in [0.29, 0.717) is 13.2 Å².